The van der Waals surface area contributed by atoms with E-state index < -0.39 is 0 Å². The zero-order chi connectivity index (χ0) is 16.5. The first kappa shape index (κ1) is 14.4. The van der Waals surface area contributed by atoms with Crippen LogP contribution in [0.1, 0.15) is 17.3 Å². The predicted molar refractivity (Wildman–Crippen MR) is 92.8 cm³/mol. The molecular formula is C19H15N3O2. The summed E-state index contributed by atoms with van der Waals surface area (Å²) in [6, 6.07) is 14.0. The zero-order valence-corrected chi connectivity index (χ0v) is 13.1. The molecule has 0 saturated carbocycles. The number of fused-ring (bicyclic) bond motifs is 2. The van der Waals surface area contributed by atoms with E-state index in [4.69, 9.17) is 4.74 Å². The van der Waals surface area contributed by atoms with Gasteiger partial charge >= 0.3 is 5.97 Å². The van der Waals surface area contributed by atoms with Crippen LogP contribution >= 0.6 is 0 Å². The van der Waals surface area contributed by atoms with Gasteiger partial charge in [-0.1, -0.05) is 12.1 Å². The van der Waals surface area contributed by atoms with Crippen molar-refractivity contribution in [2.45, 2.75) is 6.92 Å². The van der Waals surface area contributed by atoms with Crippen molar-refractivity contribution in [3.05, 3.63) is 60.4 Å². The number of carbonyl (C=O) groups excluding carboxylic acids is 1. The van der Waals surface area contributed by atoms with Crippen molar-refractivity contribution in [1.82, 2.24) is 15.2 Å². The van der Waals surface area contributed by atoms with Gasteiger partial charge in [-0.25, -0.2) is 4.79 Å². The van der Waals surface area contributed by atoms with E-state index in [1.165, 1.54) is 0 Å². The molecule has 0 radical (unpaired) electrons. The summed E-state index contributed by atoms with van der Waals surface area (Å²) in [5.41, 5.74) is 4.47. The number of H-pyrrole nitrogens is 1. The van der Waals surface area contributed by atoms with E-state index in [9.17, 15) is 4.79 Å². The summed E-state index contributed by atoms with van der Waals surface area (Å²) in [4.78, 5) is 16.2. The first-order chi connectivity index (χ1) is 11.7. The maximum Gasteiger partial charge on any atom is 0.339 e. The number of carbonyl (C=O) groups is 1. The Kier molecular flexibility index (Phi) is 3.46. The number of esters is 1. The Hall–Kier alpha value is -3.21. The summed E-state index contributed by atoms with van der Waals surface area (Å²) < 4.78 is 5.04. The number of ether oxygens (including phenoxy) is 1. The molecule has 2 aromatic heterocycles. The summed E-state index contributed by atoms with van der Waals surface area (Å²) in [6.45, 7) is 2.14. The van der Waals surface area contributed by atoms with Crippen LogP contribution in [0.3, 0.4) is 0 Å². The van der Waals surface area contributed by atoms with E-state index >= 15 is 0 Å². The number of nitrogens with one attached hydrogen (secondary N) is 1. The minimum absolute atomic E-state index is 0.349. The van der Waals surface area contributed by atoms with Crippen molar-refractivity contribution in [2.24, 2.45) is 0 Å². The third kappa shape index (κ3) is 2.50. The lowest BCUT2D eigenvalue weighted by molar-refractivity contribution is 0.0526. The van der Waals surface area contributed by atoms with E-state index in [0.717, 1.165) is 32.9 Å². The molecule has 5 nitrogen and oxygen atoms in total. The molecule has 0 aliphatic carbocycles. The van der Waals surface area contributed by atoms with Crippen molar-refractivity contribution >= 4 is 27.8 Å². The molecule has 0 fully saturated rings. The number of hydrogen-bond donors (Lipinski definition) is 1. The van der Waals surface area contributed by atoms with E-state index in [1.54, 1.807) is 19.3 Å². The molecule has 0 aliphatic heterocycles. The molecule has 4 aromatic rings. The molecule has 1 N–H and O–H groups in total. The summed E-state index contributed by atoms with van der Waals surface area (Å²) in [7, 11) is 0. The first-order valence-electron chi connectivity index (χ1n) is 7.75. The predicted octanol–water partition coefficient (Wildman–Crippen LogP) is 3.95. The molecular weight excluding hydrogens is 302 g/mol. The smallest absolute Gasteiger partial charge is 0.339 e. The lowest BCUT2D eigenvalue weighted by Gasteiger charge is -2.06. The van der Waals surface area contributed by atoms with Crippen LogP contribution in [0.25, 0.3) is 32.9 Å². The molecule has 5 heteroatoms. The summed E-state index contributed by atoms with van der Waals surface area (Å²) in [5.74, 6) is -0.350. The van der Waals surface area contributed by atoms with Crippen LogP contribution in [0, 0.1) is 0 Å². The SMILES string of the molecule is CCOC(=O)c1cnc2ccc(-c3ccc4[nH]ncc4c3)cc2c1. The van der Waals surface area contributed by atoms with Crippen molar-refractivity contribution in [3.63, 3.8) is 0 Å². The highest BCUT2D eigenvalue weighted by atomic mass is 16.5. The van der Waals surface area contributed by atoms with Gasteiger partial charge in [0.25, 0.3) is 0 Å². The van der Waals surface area contributed by atoms with Crippen LogP contribution in [0.2, 0.25) is 0 Å². The Morgan fingerprint density at radius 1 is 1.04 bits per heavy atom. The molecule has 0 saturated heterocycles. The molecule has 24 heavy (non-hydrogen) atoms. The Bertz CT molecular complexity index is 1050. The third-order valence-electron chi connectivity index (χ3n) is 3.97. The molecule has 118 valence electrons. The fraction of sp³-hybridized carbons (Fsp3) is 0.105. The summed E-state index contributed by atoms with van der Waals surface area (Å²) in [5, 5.41) is 8.97. The van der Waals surface area contributed by atoms with E-state index in [1.807, 2.05) is 36.4 Å². The largest absolute Gasteiger partial charge is 0.462 e. The Balaban J connectivity index is 1.79. The van der Waals surface area contributed by atoms with E-state index in [2.05, 4.69) is 21.2 Å². The van der Waals surface area contributed by atoms with Crippen molar-refractivity contribution in [3.8, 4) is 11.1 Å². The second-order valence-electron chi connectivity index (χ2n) is 5.52. The quantitative estimate of drug-likeness (QED) is 0.581. The summed E-state index contributed by atoms with van der Waals surface area (Å²) in [6.07, 6.45) is 3.36. The minimum atomic E-state index is -0.350. The Morgan fingerprint density at radius 2 is 1.83 bits per heavy atom. The van der Waals surface area contributed by atoms with Gasteiger partial charge in [0.15, 0.2) is 0 Å². The van der Waals surface area contributed by atoms with Crippen LogP contribution in [0.15, 0.2) is 54.9 Å². The van der Waals surface area contributed by atoms with Gasteiger partial charge in [0.2, 0.25) is 0 Å². The fourth-order valence-corrected chi connectivity index (χ4v) is 2.76. The topological polar surface area (TPSA) is 67.9 Å². The molecule has 0 amide bonds. The maximum absolute atomic E-state index is 11.9. The van der Waals surface area contributed by atoms with Gasteiger partial charge in [-0.05, 0) is 48.4 Å². The van der Waals surface area contributed by atoms with Crippen LogP contribution in [-0.2, 0) is 4.74 Å². The third-order valence-corrected chi connectivity index (χ3v) is 3.97. The lowest BCUT2D eigenvalue weighted by atomic mass is 10.0. The maximum atomic E-state index is 11.9. The van der Waals surface area contributed by atoms with Crippen LogP contribution in [0.4, 0.5) is 0 Å². The van der Waals surface area contributed by atoms with Crippen LogP contribution < -0.4 is 0 Å². The van der Waals surface area contributed by atoms with Crippen molar-refractivity contribution in [1.29, 1.82) is 0 Å². The highest BCUT2D eigenvalue weighted by molar-refractivity contribution is 5.95. The molecule has 2 aromatic carbocycles. The number of hydrogen-bond acceptors (Lipinski definition) is 4. The number of benzene rings is 2. The van der Waals surface area contributed by atoms with Gasteiger partial charge in [0.1, 0.15) is 0 Å². The molecule has 0 bridgehead atoms. The Morgan fingerprint density at radius 3 is 2.67 bits per heavy atom. The van der Waals surface area contributed by atoms with Crippen LogP contribution in [-0.4, -0.2) is 27.8 Å². The highest BCUT2D eigenvalue weighted by Gasteiger charge is 2.09. The number of aromatic amines is 1. The highest BCUT2D eigenvalue weighted by Crippen LogP contribution is 2.26. The zero-order valence-electron chi connectivity index (χ0n) is 13.1. The molecule has 2 heterocycles. The second-order valence-corrected chi connectivity index (χ2v) is 5.52. The lowest BCUT2D eigenvalue weighted by Crippen LogP contribution is -2.04. The monoisotopic (exact) mass is 317 g/mol. The van der Waals surface area contributed by atoms with E-state index in [0.29, 0.717) is 12.2 Å². The van der Waals surface area contributed by atoms with Gasteiger partial charge in [-0.2, -0.15) is 5.10 Å². The van der Waals surface area contributed by atoms with Crippen molar-refractivity contribution in [2.75, 3.05) is 6.61 Å². The average Bonchev–Trinajstić information content (AvgIpc) is 3.08. The van der Waals surface area contributed by atoms with Gasteiger partial charge in [-0.3, -0.25) is 10.1 Å². The van der Waals surface area contributed by atoms with Gasteiger partial charge < -0.3 is 4.74 Å². The minimum Gasteiger partial charge on any atom is -0.462 e. The molecule has 0 spiro atoms. The molecule has 0 atom stereocenters. The van der Waals surface area contributed by atoms with Gasteiger partial charge in [-0.15, -0.1) is 0 Å². The normalized spacial score (nSPS) is 11.0. The molecule has 4 rings (SSSR count). The van der Waals surface area contributed by atoms with E-state index in [-0.39, 0.29) is 5.97 Å². The molecule has 0 unspecified atom stereocenters. The van der Waals surface area contributed by atoms with Gasteiger partial charge in [0.05, 0.1) is 29.4 Å². The van der Waals surface area contributed by atoms with Gasteiger partial charge in [0, 0.05) is 17.0 Å². The average molecular weight is 317 g/mol. The molecule has 0 aliphatic rings. The summed E-state index contributed by atoms with van der Waals surface area (Å²) >= 11 is 0. The van der Waals surface area contributed by atoms with Crippen LogP contribution in [0.5, 0.6) is 0 Å². The number of nitrogens with zero attached hydrogens (tertiary/aromatic N) is 2. The Labute approximate surface area is 138 Å². The van der Waals surface area contributed by atoms with Crippen molar-refractivity contribution < 1.29 is 9.53 Å². The number of aromatic nitrogens is 3. The number of rotatable bonds is 3. The standard InChI is InChI=1S/C19H15N3O2/c1-2-24-19(23)16-9-14-7-12(3-5-17(14)20-10-16)13-4-6-18-15(8-13)11-21-22-18/h3-11H,2H2,1H3,(H,21,22). The fourth-order valence-electron chi connectivity index (χ4n) is 2.76. The second kappa shape index (κ2) is 5.77. The number of pyridine rings is 1. The first-order valence-corrected chi connectivity index (χ1v) is 7.75.